The van der Waals surface area contributed by atoms with Crippen molar-refractivity contribution in [3.63, 3.8) is 0 Å². The minimum Gasteiger partial charge on any atom is -0.359 e. The first-order valence-electron chi connectivity index (χ1n) is 2.18. The second kappa shape index (κ2) is 10.2. The second-order valence-corrected chi connectivity index (χ2v) is 1.10. The highest BCUT2D eigenvalue weighted by molar-refractivity contribution is 5.69. The number of carbonyl (C=O) groups excluding carboxylic acids is 1. The predicted molar refractivity (Wildman–Crippen MR) is 32.7 cm³/mol. The molecule has 0 aromatic rings. The number of carbonyl (C=O) groups is 1. The Morgan fingerprint density at radius 3 is 1.56 bits per heavy atom. The Hall–Kier alpha value is -0.810. The highest BCUT2D eigenvalue weighted by Crippen LogP contribution is 1.60. The van der Waals surface area contributed by atoms with Crippen LogP contribution in [0.4, 0.5) is 4.79 Å². The molecular formula is C4H12N2O3. The Labute approximate surface area is 53.9 Å². The molecule has 0 bridgehead atoms. The topological polar surface area (TPSA) is 87.6 Å². The molecule has 2 amide bonds. The molecule has 0 aliphatic heterocycles. The molecule has 9 heavy (non-hydrogen) atoms. The van der Waals surface area contributed by atoms with E-state index in [4.69, 9.17) is 4.79 Å². The number of methoxy groups -OCH3 is 2. The molecule has 0 aromatic carbocycles. The smallest absolute Gasteiger partial charge is 0.309 e. The summed E-state index contributed by atoms with van der Waals surface area (Å²) < 4.78 is 8.94. The fraction of sp³-hybridized carbons (Fsp3) is 0.750. The average molecular weight is 136 g/mol. The van der Waals surface area contributed by atoms with E-state index in [1.54, 1.807) is 14.2 Å². The maximum Gasteiger partial charge on any atom is 0.309 e. The van der Waals surface area contributed by atoms with Gasteiger partial charge in [0.05, 0.1) is 0 Å². The van der Waals surface area contributed by atoms with Crippen LogP contribution in [0.1, 0.15) is 0 Å². The second-order valence-electron chi connectivity index (χ2n) is 1.10. The van der Waals surface area contributed by atoms with E-state index < -0.39 is 6.03 Å². The number of amides is 2. The molecule has 0 aromatic heterocycles. The largest absolute Gasteiger partial charge is 0.359 e. The van der Waals surface area contributed by atoms with Gasteiger partial charge in [-0.25, -0.2) is 4.79 Å². The van der Waals surface area contributed by atoms with Crippen molar-refractivity contribution in [2.24, 2.45) is 11.5 Å². The van der Waals surface area contributed by atoms with Crippen LogP contribution in [0.5, 0.6) is 0 Å². The molecule has 0 unspecified atom stereocenters. The van der Waals surface area contributed by atoms with Gasteiger partial charge in [0.1, 0.15) is 6.79 Å². The normalized spacial score (nSPS) is 7.33. The third-order valence-corrected chi connectivity index (χ3v) is 0.236. The van der Waals surface area contributed by atoms with E-state index in [-0.39, 0.29) is 0 Å². The Balaban J connectivity index is 0. The van der Waals surface area contributed by atoms with Crippen LogP contribution in [0.15, 0.2) is 0 Å². The van der Waals surface area contributed by atoms with E-state index in [1.165, 1.54) is 0 Å². The maximum absolute atomic E-state index is 9.00. The van der Waals surface area contributed by atoms with Crippen LogP contribution in [-0.2, 0) is 9.47 Å². The van der Waals surface area contributed by atoms with Gasteiger partial charge in [-0.1, -0.05) is 0 Å². The zero-order valence-electron chi connectivity index (χ0n) is 5.59. The summed E-state index contributed by atoms with van der Waals surface area (Å²) in [5.41, 5.74) is 8.50. The Morgan fingerprint density at radius 1 is 1.33 bits per heavy atom. The number of nitrogens with two attached hydrogens (primary N) is 2. The molecule has 56 valence electrons. The van der Waals surface area contributed by atoms with E-state index in [2.05, 4.69) is 20.9 Å². The third-order valence-electron chi connectivity index (χ3n) is 0.236. The molecule has 0 aliphatic carbocycles. The van der Waals surface area contributed by atoms with Crippen LogP contribution in [0.2, 0.25) is 0 Å². The molecule has 0 aliphatic rings. The zero-order valence-corrected chi connectivity index (χ0v) is 5.59. The molecule has 0 heterocycles. The van der Waals surface area contributed by atoms with Gasteiger partial charge in [-0.2, -0.15) is 0 Å². The van der Waals surface area contributed by atoms with Gasteiger partial charge in [0.25, 0.3) is 0 Å². The molecule has 0 spiro atoms. The van der Waals surface area contributed by atoms with E-state index in [0.717, 1.165) is 0 Å². The minimum atomic E-state index is -0.833. The molecule has 0 saturated heterocycles. The number of ether oxygens (including phenoxy) is 2. The molecule has 0 saturated carbocycles. The summed E-state index contributed by atoms with van der Waals surface area (Å²) in [6, 6.07) is -0.833. The van der Waals surface area contributed by atoms with Crippen molar-refractivity contribution in [2.45, 2.75) is 0 Å². The molecule has 4 N–H and O–H groups in total. The molecule has 0 rings (SSSR count). The average Bonchev–Trinajstić information content (AvgIpc) is 1.66. The molecular weight excluding hydrogens is 124 g/mol. The molecule has 0 atom stereocenters. The monoisotopic (exact) mass is 136 g/mol. The van der Waals surface area contributed by atoms with Gasteiger partial charge in [-0.3, -0.25) is 0 Å². The lowest BCUT2D eigenvalue weighted by Crippen LogP contribution is -2.18. The number of hydrogen-bond donors (Lipinski definition) is 2. The van der Waals surface area contributed by atoms with Crippen LogP contribution < -0.4 is 11.5 Å². The van der Waals surface area contributed by atoms with Gasteiger partial charge in [-0.15, -0.1) is 0 Å². The van der Waals surface area contributed by atoms with Gasteiger partial charge in [-0.05, 0) is 0 Å². The minimum absolute atomic E-state index is 0.389. The van der Waals surface area contributed by atoms with Gasteiger partial charge >= 0.3 is 6.03 Å². The van der Waals surface area contributed by atoms with Crippen molar-refractivity contribution in [1.82, 2.24) is 0 Å². The Kier molecular flexibility index (Phi) is 12.6. The van der Waals surface area contributed by atoms with Gasteiger partial charge < -0.3 is 20.9 Å². The van der Waals surface area contributed by atoms with Crippen molar-refractivity contribution in [1.29, 1.82) is 0 Å². The van der Waals surface area contributed by atoms with Crippen LogP contribution in [0.3, 0.4) is 0 Å². The summed E-state index contributed by atoms with van der Waals surface area (Å²) in [5, 5.41) is 0. The zero-order chi connectivity index (χ0) is 7.70. The molecule has 5 heteroatoms. The summed E-state index contributed by atoms with van der Waals surface area (Å²) in [4.78, 5) is 9.00. The summed E-state index contributed by atoms with van der Waals surface area (Å²) in [5.74, 6) is 0. The van der Waals surface area contributed by atoms with Crippen LogP contribution in [0.25, 0.3) is 0 Å². The lowest BCUT2D eigenvalue weighted by molar-refractivity contribution is -0.00271. The fourth-order valence-electron chi connectivity index (χ4n) is 0.118. The van der Waals surface area contributed by atoms with Crippen LogP contribution in [0, 0.1) is 0 Å². The molecule has 0 radical (unpaired) electrons. The number of primary amides is 2. The highest BCUT2D eigenvalue weighted by Gasteiger charge is 1.63. The van der Waals surface area contributed by atoms with Crippen molar-refractivity contribution >= 4 is 6.03 Å². The standard InChI is InChI=1S/C3H8O2.CH4N2O/c1-4-3-5-2;2-1(3)4/h3H2,1-2H3;(H4,2,3,4). The van der Waals surface area contributed by atoms with E-state index in [9.17, 15) is 0 Å². The van der Waals surface area contributed by atoms with Crippen molar-refractivity contribution < 1.29 is 14.3 Å². The Bertz CT molecular complexity index is 60.8. The number of urea groups is 1. The summed E-state index contributed by atoms with van der Waals surface area (Å²) >= 11 is 0. The first-order chi connectivity index (χ1) is 4.15. The lowest BCUT2D eigenvalue weighted by atomic mass is 11.2. The van der Waals surface area contributed by atoms with Crippen molar-refractivity contribution in [2.75, 3.05) is 21.0 Å². The molecule has 5 nitrogen and oxygen atoms in total. The van der Waals surface area contributed by atoms with E-state index in [1.807, 2.05) is 0 Å². The number of hydrogen-bond acceptors (Lipinski definition) is 3. The summed E-state index contributed by atoms with van der Waals surface area (Å²) in [6.07, 6.45) is 0. The van der Waals surface area contributed by atoms with Gasteiger partial charge in [0, 0.05) is 14.2 Å². The number of rotatable bonds is 2. The van der Waals surface area contributed by atoms with Gasteiger partial charge in [0.15, 0.2) is 0 Å². The lowest BCUT2D eigenvalue weighted by Gasteiger charge is -1.87. The van der Waals surface area contributed by atoms with Gasteiger partial charge in [0.2, 0.25) is 0 Å². The van der Waals surface area contributed by atoms with Crippen LogP contribution >= 0.6 is 0 Å². The molecule has 0 fully saturated rings. The van der Waals surface area contributed by atoms with Crippen molar-refractivity contribution in [3.05, 3.63) is 0 Å². The first-order valence-corrected chi connectivity index (χ1v) is 2.18. The van der Waals surface area contributed by atoms with Crippen molar-refractivity contribution in [3.8, 4) is 0 Å². The quantitative estimate of drug-likeness (QED) is 0.490. The highest BCUT2D eigenvalue weighted by atomic mass is 16.6. The third kappa shape index (κ3) is 137. The first kappa shape index (κ1) is 11.0. The summed E-state index contributed by atoms with van der Waals surface area (Å²) in [7, 11) is 3.17. The Morgan fingerprint density at radius 2 is 1.56 bits per heavy atom. The SMILES string of the molecule is COCOC.NC(N)=O. The maximum atomic E-state index is 9.00. The van der Waals surface area contributed by atoms with E-state index >= 15 is 0 Å². The van der Waals surface area contributed by atoms with Crippen LogP contribution in [-0.4, -0.2) is 27.0 Å². The fourth-order valence-corrected chi connectivity index (χ4v) is 0.118. The summed E-state index contributed by atoms with van der Waals surface area (Å²) in [6.45, 7) is 0.389. The predicted octanol–water partition coefficient (Wildman–Crippen LogP) is -0.739. The van der Waals surface area contributed by atoms with E-state index in [0.29, 0.717) is 6.79 Å².